The molecule has 0 spiro atoms. The van der Waals surface area contributed by atoms with Gasteiger partial charge in [0.25, 0.3) is 0 Å². The fourth-order valence-corrected chi connectivity index (χ4v) is 15.7. The number of hydrogen-bond donors (Lipinski definition) is 0. The Kier molecular flexibility index (Phi) is 12.1. The highest BCUT2D eigenvalue weighted by Gasteiger charge is 2.33. The third kappa shape index (κ3) is 7.97. The van der Waals surface area contributed by atoms with Crippen molar-refractivity contribution in [1.82, 2.24) is 8.80 Å². The van der Waals surface area contributed by atoms with Crippen LogP contribution < -0.4 is 9.80 Å². The number of fused-ring (bicyclic) bond motifs is 12. The fraction of sp³-hybridized carbons (Fsp3) is 0.154. The molecule has 15 rings (SSSR count). The summed E-state index contributed by atoms with van der Waals surface area (Å²) in [7, 11) is -1.86. The summed E-state index contributed by atoms with van der Waals surface area (Å²) >= 11 is 0. The maximum Gasteiger partial charge on any atom is 0.0634 e. The number of aromatic nitrogens is 2. The van der Waals surface area contributed by atoms with Crippen LogP contribution in [0.4, 0.5) is 34.1 Å². The molecule has 4 nitrogen and oxygen atoms in total. The zero-order valence-electron chi connectivity index (χ0n) is 49.7. The fourth-order valence-electron chi connectivity index (χ4n) is 13.8. The number of anilines is 6. The Labute approximate surface area is 496 Å². The average molecular weight is 1130 g/mol. The van der Waals surface area contributed by atoms with Crippen LogP contribution >= 0.6 is 20.1 Å². The predicted molar refractivity (Wildman–Crippen MR) is 371 cm³/mol. The third-order valence-corrected chi connectivity index (χ3v) is 21.2. The molecule has 0 fully saturated rings. The summed E-state index contributed by atoms with van der Waals surface area (Å²) < 4.78 is 5.30. The van der Waals surface area contributed by atoms with E-state index in [0.717, 1.165) is 34.1 Å². The summed E-state index contributed by atoms with van der Waals surface area (Å²) in [6, 6.07) is 88.0. The van der Waals surface area contributed by atoms with Crippen molar-refractivity contribution in [2.45, 2.75) is 49.3 Å². The topological polar surface area (TPSA) is 15.3 Å². The van der Waals surface area contributed by atoms with Crippen molar-refractivity contribution in [2.75, 3.05) is 47.3 Å². The summed E-state index contributed by atoms with van der Waals surface area (Å²) in [5.41, 5.74) is 21.8. The van der Waals surface area contributed by atoms with Gasteiger partial charge in [-0.25, -0.2) is 20.1 Å². The minimum atomic E-state index is -0.928. The van der Waals surface area contributed by atoms with Crippen LogP contribution in [0.2, 0.25) is 0 Å². The smallest absolute Gasteiger partial charge is 0.0634 e. The third-order valence-electron chi connectivity index (χ3n) is 17.9. The second kappa shape index (κ2) is 19.5. The van der Waals surface area contributed by atoms with Gasteiger partial charge in [0.1, 0.15) is 0 Å². The molecule has 6 heteroatoms. The van der Waals surface area contributed by atoms with Crippen molar-refractivity contribution in [3.05, 3.63) is 242 Å². The molecule has 0 saturated carbocycles. The van der Waals surface area contributed by atoms with Gasteiger partial charge >= 0.3 is 0 Å². The number of rotatable bonds is 12. The first-order valence-electron chi connectivity index (χ1n) is 29.5. The maximum atomic E-state index is 2.65. The van der Waals surface area contributed by atoms with E-state index in [4.69, 9.17) is 0 Å². The average Bonchev–Trinajstić information content (AvgIpc) is 1.52. The molecule has 15 aromatic rings. The highest BCUT2D eigenvalue weighted by molar-refractivity contribution is 8.32. The van der Waals surface area contributed by atoms with Gasteiger partial charge in [-0.1, -0.05) is 161 Å². The second-order valence-corrected chi connectivity index (χ2v) is 33.5. The zero-order chi connectivity index (χ0) is 57.5. The molecule has 414 valence electrons. The normalized spacial score (nSPS) is 13.0. The first kappa shape index (κ1) is 52.1. The lowest BCUT2D eigenvalue weighted by Crippen LogP contribution is -2.11. The first-order chi connectivity index (χ1) is 40.7. The Hall–Kier alpha value is -8.68. The summed E-state index contributed by atoms with van der Waals surface area (Å²) in [4.78, 5) is 7.80. The molecule has 0 N–H and O–H groups in total. The van der Waals surface area contributed by atoms with Crippen molar-refractivity contribution < 1.29 is 0 Å². The predicted octanol–water partition coefficient (Wildman–Crippen LogP) is 22.6. The summed E-state index contributed by atoms with van der Waals surface area (Å²) in [6.07, 6.45) is 14.3. The molecule has 0 aliphatic rings. The molecule has 11 aromatic carbocycles. The second-order valence-electron chi connectivity index (χ2n) is 25.2. The van der Waals surface area contributed by atoms with Gasteiger partial charge < -0.3 is 18.6 Å². The van der Waals surface area contributed by atoms with E-state index in [1.807, 2.05) is 0 Å². The largest absolute Gasteiger partial charge is 0.310 e. The maximum absolute atomic E-state index is 2.65. The molecule has 4 aromatic heterocycles. The molecule has 0 radical (unpaired) electrons. The van der Waals surface area contributed by atoms with E-state index in [0.29, 0.717) is 11.8 Å². The number of hydrogen-bond acceptors (Lipinski definition) is 2. The lowest BCUT2D eigenvalue weighted by Gasteiger charge is -2.29. The van der Waals surface area contributed by atoms with Gasteiger partial charge in [0.05, 0.1) is 44.5 Å². The van der Waals surface area contributed by atoms with E-state index in [1.165, 1.54) is 119 Å². The van der Waals surface area contributed by atoms with Gasteiger partial charge in [-0.3, -0.25) is 0 Å². The first-order valence-corrected chi connectivity index (χ1v) is 35.2. The van der Waals surface area contributed by atoms with E-state index in [2.05, 4.69) is 314 Å². The molecule has 84 heavy (non-hydrogen) atoms. The van der Waals surface area contributed by atoms with Gasteiger partial charge in [0.2, 0.25) is 0 Å². The molecular weight excluding hydrogens is 1060 g/mol. The standard InChI is InChI=1S/C78H70N4S2/c1-49(2)51-33-37-55(38-34-51)79(57-41-45-59(46-42-57)83(5,6)7)65-29-19-31-67-71(65)61-25-17-27-63-73-70(54-23-15-12-16-24-54)78-74(69(53-21-13-11-14-22-53)77(73)81(67)75(61)63)64-28-18-26-62-72-66(30-20-32-68(72)82(78)76(62)64)80(56-39-35-52(36-40-56)50(3)4)58-43-47-60(48-44-58)84(8,9)10/h11-50H,1-10H3. The van der Waals surface area contributed by atoms with Crippen LogP contribution in [-0.4, -0.2) is 46.3 Å². The van der Waals surface area contributed by atoms with Crippen molar-refractivity contribution in [2.24, 2.45) is 0 Å². The van der Waals surface area contributed by atoms with Crippen LogP contribution in [0.25, 0.3) is 98.4 Å². The minimum Gasteiger partial charge on any atom is -0.310 e. The summed E-state index contributed by atoms with van der Waals surface area (Å²) in [5, 5.41) is 9.98. The molecule has 0 bridgehead atoms. The molecular formula is C78H70N4S2. The van der Waals surface area contributed by atoms with Crippen LogP contribution in [-0.2, 0) is 0 Å². The Morgan fingerprint density at radius 2 is 0.607 bits per heavy atom. The minimum absolute atomic E-state index is 0.429. The highest BCUT2D eigenvalue weighted by atomic mass is 32.3. The number of nitrogens with zero attached hydrogens (tertiary/aromatic N) is 4. The van der Waals surface area contributed by atoms with Gasteiger partial charge in [0, 0.05) is 77.0 Å². The molecule has 0 unspecified atom stereocenters. The Bertz CT molecular complexity index is 4670. The number of para-hydroxylation sites is 2. The summed E-state index contributed by atoms with van der Waals surface area (Å²) in [6.45, 7) is 9.11. The van der Waals surface area contributed by atoms with Gasteiger partial charge in [0.15, 0.2) is 0 Å². The summed E-state index contributed by atoms with van der Waals surface area (Å²) in [5.74, 6) is 0.858. The highest BCUT2D eigenvalue weighted by Crippen LogP contribution is 2.57. The molecule has 0 aliphatic heterocycles. The molecule has 0 aliphatic carbocycles. The van der Waals surface area contributed by atoms with Gasteiger partial charge in [-0.15, -0.1) is 0 Å². The quantitative estimate of drug-likeness (QED) is 0.121. The molecule has 4 heterocycles. The van der Waals surface area contributed by atoms with E-state index in [9.17, 15) is 0 Å². The van der Waals surface area contributed by atoms with Crippen LogP contribution in [0.15, 0.2) is 240 Å². The van der Waals surface area contributed by atoms with Crippen molar-refractivity contribution in [1.29, 1.82) is 0 Å². The number of benzene rings is 11. The Morgan fingerprint density at radius 1 is 0.298 bits per heavy atom. The Morgan fingerprint density at radius 3 is 0.929 bits per heavy atom. The van der Waals surface area contributed by atoms with E-state index in [-0.39, 0.29) is 0 Å². The van der Waals surface area contributed by atoms with Crippen LogP contribution in [0.1, 0.15) is 50.7 Å². The van der Waals surface area contributed by atoms with E-state index >= 15 is 0 Å². The monoisotopic (exact) mass is 1130 g/mol. The molecule has 0 atom stereocenters. The van der Waals surface area contributed by atoms with Crippen molar-refractivity contribution >= 4 is 130 Å². The van der Waals surface area contributed by atoms with E-state index in [1.54, 1.807) is 0 Å². The van der Waals surface area contributed by atoms with Crippen molar-refractivity contribution in [3.63, 3.8) is 0 Å². The zero-order valence-corrected chi connectivity index (χ0v) is 51.3. The van der Waals surface area contributed by atoms with E-state index < -0.39 is 20.1 Å². The van der Waals surface area contributed by atoms with Crippen LogP contribution in [0.5, 0.6) is 0 Å². The lowest BCUT2D eigenvalue weighted by atomic mass is 9.89. The lowest BCUT2D eigenvalue weighted by molar-refractivity contribution is 0.866. The molecule has 0 amide bonds. The molecule has 0 saturated heterocycles. The van der Waals surface area contributed by atoms with Gasteiger partial charge in [-0.05, 0) is 178 Å². The van der Waals surface area contributed by atoms with Crippen LogP contribution in [0.3, 0.4) is 0 Å². The van der Waals surface area contributed by atoms with Crippen LogP contribution in [0, 0.1) is 0 Å². The van der Waals surface area contributed by atoms with Crippen molar-refractivity contribution in [3.8, 4) is 22.3 Å². The van der Waals surface area contributed by atoms with Gasteiger partial charge in [-0.2, -0.15) is 0 Å². The Balaban J connectivity index is 1.08. The SMILES string of the molecule is CC(C)c1ccc(N(c2ccc(S(C)(C)C)cc2)c2cccc3c2c2cccc4c5c(-c6ccccc6)c6c(c(-c7ccccc7)c5n3c24)c2cccc3c4c(N(c5ccc(C(C)C)cc5)c5ccc(S(C)(C)C)cc5)cccc4n6c32)cc1.